The van der Waals surface area contributed by atoms with Crippen LogP contribution in [-0.4, -0.2) is 48.4 Å². The molecule has 0 aliphatic carbocycles. The van der Waals surface area contributed by atoms with E-state index < -0.39 is 16.1 Å². The summed E-state index contributed by atoms with van der Waals surface area (Å²) in [5.41, 5.74) is 2.26. The highest BCUT2D eigenvalue weighted by Gasteiger charge is 2.30. The second-order valence-electron chi connectivity index (χ2n) is 7.73. The predicted octanol–water partition coefficient (Wildman–Crippen LogP) is 3.47. The van der Waals surface area contributed by atoms with E-state index >= 15 is 0 Å². The fourth-order valence-corrected chi connectivity index (χ4v) is 5.81. The average molecular weight is 458 g/mol. The molecule has 1 atom stereocenters. The van der Waals surface area contributed by atoms with Gasteiger partial charge in [-0.1, -0.05) is 36.4 Å². The normalized spacial score (nSPS) is 15.5. The highest BCUT2D eigenvalue weighted by atomic mass is 32.2. The van der Waals surface area contributed by atoms with Gasteiger partial charge in [-0.15, -0.1) is 0 Å². The van der Waals surface area contributed by atoms with Crippen molar-refractivity contribution in [2.24, 2.45) is 0 Å². The van der Waals surface area contributed by atoms with E-state index in [4.69, 9.17) is 0 Å². The van der Waals surface area contributed by atoms with Gasteiger partial charge in [-0.2, -0.15) is 16.5 Å². The van der Waals surface area contributed by atoms with Crippen LogP contribution in [0.25, 0.3) is 10.9 Å². The molecule has 0 spiro atoms. The molecule has 4 rings (SSSR count). The lowest BCUT2D eigenvalue weighted by molar-refractivity contribution is -0.133. The molecule has 0 bridgehead atoms. The number of rotatable bonds is 7. The standard InChI is InChI=1S/C23H27N3O3S2/c1-30-15-12-21(24-31(28,29)20-9-3-2-4-10-20)23(27)25-13-7-14-26-19(17-25)16-18-8-5-6-11-22(18)26/h2-6,8-11,16,21,24H,7,12-15,17H2,1H3. The second-order valence-corrected chi connectivity index (χ2v) is 10.4. The zero-order chi connectivity index (χ0) is 21.8. The van der Waals surface area contributed by atoms with Crippen LogP contribution in [0, 0.1) is 0 Å². The molecule has 0 saturated carbocycles. The van der Waals surface area contributed by atoms with Gasteiger partial charge < -0.3 is 9.47 Å². The van der Waals surface area contributed by atoms with Crippen LogP contribution >= 0.6 is 11.8 Å². The smallest absolute Gasteiger partial charge is 0.241 e. The highest BCUT2D eigenvalue weighted by molar-refractivity contribution is 7.98. The number of nitrogens with zero attached hydrogens (tertiary/aromatic N) is 2. The van der Waals surface area contributed by atoms with Crippen LogP contribution in [0.2, 0.25) is 0 Å². The maximum atomic E-state index is 13.5. The van der Waals surface area contributed by atoms with E-state index in [1.165, 1.54) is 5.52 Å². The maximum Gasteiger partial charge on any atom is 0.241 e. The molecule has 0 saturated heterocycles. The van der Waals surface area contributed by atoms with E-state index in [2.05, 4.69) is 27.5 Å². The number of fused-ring (bicyclic) bond motifs is 3. The number of nitrogens with one attached hydrogen (secondary N) is 1. The Bertz CT molecular complexity index is 1160. The molecule has 1 N–H and O–H groups in total. The third kappa shape index (κ3) is 4.81. The number of benzene rings is 2. The number of aromatic nitrogens is 1. The summed E-state index contributed by atoms with van der Waals surface area (Å²) in [5, 5.41) is 1.16. The Labute approximate surface area is 187 Å². The van der Waals surface area contributed by atoms with Gasteiger partial charge in [0.25, 0.3) is 0 Å². The van der Waals surface area contributed by atoms with Crippen molar-refractivity contribution in [1.29, 1.82) is 0 Å². The molecule has 6 nitrogen and oxygen atoms in total. The molecule has 31 heavy (non-hydrogen) atoms. The number of carbonyl (C=O) groups excluding carboxylic acids is 1. The van der Waals surface area contributed by atoms with Gasteiger partial charge in [0.1, 0.15) is 6.04 Å². The molecule has 2 aromatic carbocycles. The van der Waals surface area contributed by atoms with Crippen molar-refractivity contribution < 1.29 is 13.2 Å². The van der Waals surface area contributed by atoms with Crippen molar-refractivity contribution in [3.8, 4) is 0 Å². The summed E-state index contributed by atoms with van der Waals surface area (Å²) in [6.07, 6.45) is 3.24. The van der Waals surface area contributed by atoms with Crippen molar-refractivity contribution in [3.05, 3.63) is 66.4 Å². The van der Waals surface area contributed by atoms with Gasteiger partial charge in [0.05, 0.1) is 11.4 Å². The van der Waals surface area contributed by atoms with Crippen molar-refractivity contribution in [2.45, 2.75) is 36.9 Å². The highest BCUT2D eigenvalue weighted by Crippen LogP contribution is 2.24. The minimum Gasteiger partial charge on any atom is -0.343 e. The van der Waals surface area contributed by atoms with E-state index in [9.17, 15) is 13.2 Å². The van der Waals surface area contributed by atoms with Crippen LogP contribution < -0.4 is 4.72 Å². The molecule has 164 valence electrons. The van der Waals surface area contributed by atoms with Crippen molar-refractivity contribution in [1.82, 2.24) is 14.2 Å². The number of para-hydroxylation sites is 1. The van der Waals surface area contributed by atoms with Crippen molar-refractivity contribution in [2.75, 3.05) is 18.6 Å². The van der Waals surface area contributed by atoms with Crippen LogP contribution in [0.1, 0.15) is 18.5 Å². The van der Waals surface area contributed by atoms with Gasteiger partial charge in [0.2, 0.25) is 15.9 Å². The number of hydrogen-bond donors (Lipinski definition) is 1. The Morgan fingerprint density at radius 3 is 2.61 bits per heavy atom. The van der Waals surface area contributed by atoms with Crippen LogP contribution in [-0.2, 0) is 27.9 Å². The minimum absolute atomic E-state index is 0.160. The van der Waals surface area contributed by atoms with E-state index in [1.54, 1.807) is 47.0 Å². The van der Waals surface area contributed by atoms with Gasteiger partial charge in [-0.05, 0) is 54.5 Å². The summed E-state index contributed by atoms with van der Waals surface area (Å²) in [7, 11) is -3.78. The molecule has 8 heteroatoms. The third-order valence-electron chi connectivity index (χ3n) is 5.63. The van der Waals surface area contributed by atoms with E-state index in [0.29, 0.717) is 25.3 Å². The Morgan fingerprint density at radius 1 is 1.10 bits per heavy atom. The zero-order valence-electron chi connectivity index (χ0n) is 17.5. The summed E-state index contributed by atoms with van der Waals surface area (Å²) in [4.78, 5) is 15.4. The second kappa shape index (κ2) is 9.46. The van der Waals surface area contributed by atoms with Crippen LogP contribution in [0.4, 0.5) is 0 Å². The first-order chi connectivity index (χ1) is 15.0. The first-order valence-corrected chi connectivity index (χ1v) is 13.3. The number of aryl methyl sites for hydroxylation is 1. The largest absolute Gasteiger partial charge is 0.343 e. The molecule has 1 aliphatic rings. The van der Waals surface area contributed by atoms with Gasteiger partial charge in [0.15, 0.2) is 0 Å². The number of carbonyl (C=O) groups is 1. The quantitative estimate of drug-likeness (QED) is 0.590. The fraction of sp³-hybridized carbons (Fsp3) is 0.348. The Morgan fingerprint density at radius 2 is 1.84 bits per heavy atom. The predicted molar refractivity (Wildman–Crippen MR) is 126 cm³/mol. The lowest BCUT2D eigenvalue weighted by Crippen LogP contribution is -2.48. The molecule has 2 heterocycles. The molecule has 0 fully saturated rings. The molecule has 3 aromatic rings. The zero-order valence-corrected chi connectivity index (χ0v) is 19.2. The number of hydrogen-bond acceptors (Lipinski definition) is 4. The molecule has 1 unspecified atom stereocenters. The maximum absolute atomic E-state index is 13.5. The van der Waals surface area contributed by atoms with Crippen LogP contribution in [0.15, 0.2) is 65.6 Å². The SMILES string of the molecule is CSCCC(NS(=O)(=O)c1ccccc1)C(=O)N1CCCn2c(cc3ccccc32)C1. The molecule has 0 radical (unpaired) electrons. The molecule has 1 amide bonds. The van der Waals surface area contributed by atoms with Gasteiger partial charge in [0, 0.05) is 24.3 Å². The van der Waals surface area contributed by atoms with E-state index in [-0.39, 0.29) is 10.8 Å². The Hall–Kier alpha value is -2.29. The number of sulfonamides is 1. The van der Waals surface area contributed by atoms with Gasteiger partial charge in [-0.25, -0.2) is 8.42 Å². The van der Waals surface area contributed by atoms with E-state index in [0.717, 1.165) is 24.0 Å². The Balaban J connectivity index is 1.58. The summed E-state index contributed by atoms with van der Waals surface area (Å²) in [6, 6.07) is 17.8. The average Bonchev–Trinajstić information content (AvgIpc) is 2.99. The third-order valence-corrected chi connectivity index (χ3v) is 7.76. The fourth-order valence-electron chi connectivity index (χ4n) is 4.09. The van der Waals surface area contributed by atoms with Crippen molar-refractivity contribution in [3.63, 3.8) is 0 Å². The lowest BCUT2D eigenvalue weighted by atomic mass is 10.2. The topological polar surface area (TPSA) is 71.4 Å². The van der Waals surface area contributed by atoms with Gasteiger partial charge in [-0.3, -0.25) is 4.79 Å². The van der Waals surface area contributed by atoms with Gasteiger partial charge >= 0.3 is 0 Å². The molecular formula is C23H27N3O3S2. The van der Waals surface area contributed by atoms with Crippen LogP contribution in [0.3, 0.4) is 0 Å². The number of thioether (sulfide) groups is 1. The van der Waals surface area contributed by atoms with Crippen LogP contribution in [0.5, 0.6) is 0 Å². The van der Waals surface area contributed by atoms with E-state index in [1.807, 2.05) is 18.4 Å². The summed E-state index contributed by atoms with van der Waals surface area (Å²) >= 11 is 1.60. The first-order valence-electron chi connectivity index (χ1n) is 10.4. The minimum atomic E-state index is -3.78. The lowest BCUT2D eigenvalue weighted by Gasteiger charge is -2.26. The number of amides is 1. The first kappa shape index (κ1) is 21.9. The monoisotopic (exact) mass is 457 g/mol. The van der Waals surface area contributed by atoms with Crippen molar-refractivity contribution >= 4 is 38.6 Å². The summed E-state index contributed by atoms with van der Waals surface area (Å²) < 4.78 is 30.7. The summed E-state index contributed by atoms with van der Waals surface area (Å²) in [5.74, 6) is 0.536. The Kier molecular flexibility index (Phi) is 6.69. The molecule has 1 aliphatic heterocycles. The molecule has 1 aromatic heterocycles. The summed E-state index contributed by atoms with van der Waals surface area (Å²) in [6.45, 7) is 1.94. The molecular weight excluding hydrogens is 430 g/mol.